The molecular formula is C12H14N2O. The van der Waals surface area contributed by atoms with E-state index in [2.05, 4.69) is 10.3 Å². The minimum absolute atomic E-state index is 0.448. The van der Waals surface area contributed by atoms with Crippen LogP contribution in [0.3, 0.4) is 0 Å². The summed E-state index contributed by atoms with van der Waals surface area (Å²) in [6.45, 7) is 1.11. The molecule has 1 N–H and O–H groups in total. The van der Waals surface area contributed by atoms with Crippen molar-refractivity contribution in [1.82, 2.24) is 10.3 Å². The SMILES string of the molecule is c1cc2occ(C3CCCCN3)c2cn1. The van der Waals surface area contributed by atoms with Gasteiger partial charge in [0.2, 0.25) is 0 Å². The second kappa shape index (κ2) is 3.66. The number of furan rings is 1. The van der Waals surface area contributed by atoms with Crippen LogP contribution in [0.15, 0.2) is 29.1 Å². The molecule has 2 aromatic rings. The van der Waals surface area contributed by atoms with Crippen LogP contribution in [-0.4, -0.2) is 11.5 Å². The minimum Gasteiger partial charge on any atom is -0.464 e. The third kappa shape index (κ3) is 1.53. The zero-order valence-electron chi connectivity index (χ0n) is 8.57. The lowest BCUT2D eigenvalue weighted by molar-refractivity contribution is 0.410. The highest BCUT2D eigenvalue weighted by Gasteiger charge is 2.18. The van der Waals surface area contributed by atoms with Gasteiger partial charge in [-0.25, -0.2) is 0 Å². The number of nitrogens with one attached hydrogen (secondary N) is 1. The van der Waals surface area contributed by atoms with Gasteiger partial charge in [-0.2, -0.15) is 0 Å². The fraction of sp³-hybridized carbons (Fsp3) is 0.417. The normalized spacial score (nSPS) is 22.0. The van der Waals surface area contributed by atoms with Gasteiger partial charge in [0.1, 0.15) is 5.58 Å². The summed E-state index contributed by atoms with van der Waals surface area (Å²) in [7, 11) is 0. The molecule has 1 atom stereocenters. The molecule has 1 fully saturated rings. The zero-order valence-corrected chi connectivity index (χ0v) is 8.57. The van der Waals surface area contributed by atoms with Gasteiger partial charge in [0, 0.05) is 29.4 Å². The number of rotatable bonds is 1. The van der Waals surface area contributed by atoms with Gasteiger partial charge < -0.3 is 9.73 Å². The van der Waals surface area contributed by atoms with Crippen LogP contribution < -0.4 is 5.32 Å². The van der Waals surface area contributed by atoms with Gasteiger partial charge in [-0.3, -0.25) is 4.98 Å². The molecule has 0 aliphatic carbocycles. The van der Waals surface area contributed by atoms with Crippen LogP contribution >= 0.6 is 0 Å². The van der Waals surface area contributed by atoms with E-state index in [1.807, 2.05) is 18.5 Å². The molecule has 1 aliphatic rings. The maximum Gasteiger partial charge on any atom is 0.137 e. The molecule has 0 saturated carbocycles. The summed E-state index contributed by atoms with van der Waals surface area (Å²) in [5, 5.41) is 4.68. The van der Waals surface area contributed by atoms with Gasteiger partial charge in [0.15, 0.2) is 0 Å². The Balaban J connectivity index is 2.02. The number of fused-ring (bicyclic) bond motifs is 1. The summed E-state index contributed by atoms with van der Waals surface area (Å²) in [6.07, 6.45) is 9.31. The molecule has 1 unspecified atom stereocenters. The number of hydrogen-bond donors (Lipinski definition) is 1. The van der Waals surface area contributed by atoms with Crippen molar-refractivity contribution in [1.29, 1.82) is 0 Å². The van der Waals surface area contributed by atoms with E-state index in [-0.39, 0.29) is 0 Å². The smallest absolute Gasteiger partial charge is 0.137 e. The lowest BCUT2D eigenvalue weighted by atomic mass is 9.98. The first kappa shape index (κ1) is 8.92. The first-order chi connectivity index (χ1) is 7.45. The van der Waals surface area contributed by atoms with E-state index in [9.17, 15) is 0 Å². The predicted octanol–water partition coefficient (Wildman–Crippen LogP) is 2.64. The highest BCUT2D eigenvalue weighted by atomic mass is 16.3. The molecule has 0 spiro atoms. The van der Waals surface area contributed by atoms with Crippen LogP contribution in [0.4, 0.5) is 0 Å². The minimum atomic E-state index is 0.448. The Bertz CT molecular complexity index is 457. The molecule has 0 amide bonds. The highest BCUT2D eigenvalue weighted by molar-refractivity contribution is 5.80. The van der Waals surface area contributed by atoms with Crippen molar-refractivity contribution in [3.63, 3.8) is 0 Å². The Morgan fingerprint density at radius 1 is 1.40 bits per heavy atom. The Hall–Kier alpha value is -1.35. The molecule has 2 aromatic heterocycles. The topological polar surface area (TPSA) is 38.1 Å². The van der Waals surface area contributed by atoms with Crippen LogP contribution in [0.5, 0.6) is 0 Å². The summed E-state index contributed by atoms with van der Waals surface area (Å²) < 4.78 is 5.52. The van der Waals surface area contributed by atoms with Crippen LogP contribution in [0, 0.1) is 0 Å². The van der Waals surface area contributed by atoms with E-state index in [0.717, 1.165) is 17.5 Å². The molecule has 1 saturated heterocycles. The Labute approximate surface area is 88.5 Å². The monoisotopic (exact) mass is 202 g/mol. The van der Waals surface area contributed by atoms with E-state index in [0.29, 0.717) is 6.04 Å². The molecule has 0 aromatic carbocycles. The largest absolute Gasteiger partial charge is 0.464 e. The van der Waals surface area contributed by atoms with Crippen molar-refractivity contribution in [3.05, 3.63) is 30.3 Å². The lowest BCUT2D eigenvalue weighted by Crippen LogP contribution is -2.26. The van der Waals surface area contributed by atoms with Crippen LogP contribution in [0.2, 0.25) is 0 Å². The summed E-state index contributed by atoms with van der Waals surface area (Å²) in [6, 6.07) is 2.37. The van der Waals surface area contributed by atoms with Crippen LogP contribution in [0.1, 0.15) is 30.9 Å². The van der Waals surface area contributed by atoms with E-state index in [1.165, 1.54) is 24.8 Å². The highest BCUT2D eigenvalue weighted by Crippen LogP contribution is 2.30. The summed E-state index contributed by atoms with van der Waals surface area (Å²) in [5.74, 6) is 0. The molecule has 15 heavy (non-hydrogen) atoms. The second-order valence-corrected chi connectivity index (χ2v) is 4.07. The third-order valence-electron chi connectivity index (χ3n) is 3.09. The van der Waals surface area contributed by atoms with Gasteiger partial charge in [-0.1, -0.05) is 6.42 Å². The predicted molar refractivity (Wildman–Crippen MR) is 58.6 cm³/mol. The molecule has 0 radical (unpaired) electrons. The molecule has 3 heteroatoms. The van der Waals surface area contributed by atoms with E-state index in [4.69, 9.17) is 4.42 Å². The van der Waals surface area contributed by atoms with E-state index in [1.54, 1.807) is 6.20 Å². The molecule has 0 bridgehead atoms. The number of hydrogen-bond acceptors (Lipinski definition) is 3. The lowest BCUT2D eigenvalue weighted by Gasteiger charge is -2.22. The number of pyridine rings is 1. The van der Waals surface area contributed by atoms with Crippen LogP contribution in [-0.2, 0) is 0 Å². The van der Waals surface area contributed by atoms with Crippen molar-refractivity contribution in [2.75, 3.05) is 6.54 Å². The fourth-order valence-electron chi connectivity index (χ4n) is 2.28. The number of nitrogens with zero attached hydrogens (tertiary/aromatic N) is 1. The Morgan fingerprint density at radius 3 is 3.27 bits per heavy atom. The van der Waals surface area contributed by atoms with Crippen molar-refractivity contribution >= 4 is 11.0 Å². The molecule has 3 nitrogen and oxygen atoms in total. The summed E-state index contributed by atoms with van der Waals surface area (Å²) >= 11 is 0. The van der Waals surface area contributed by atoms with E-state index >= 15 is 0 Å². The summed E-state index contributed by atoms with van der Waals surface area (Å²) in [4.78, 5) is 4.15. The first-order valence-electron chi connectivity index (χ1n) is 5.49. The first-order valence-corrected chi connectivity index (χ1v) is 5.49. The van der Waals surface area contributed by atoms with Crippen molar-refractivity contribution in [2.45, 2.75) is 25.3 Å². The average molecular weight is 202 g/mol. The van der Waals surface area contributed by atoms with Crippen molar-refractivity contribution in [3.8, 4) is 0 Å². The average Bonchev–Trinajstić information content (AvgIpc) is 2.74. The Kier molecular flexibility index (Phi) is 2.18. The molecule has 3 heterocycles. The van der Waals surface area contributed by atoms with Crippen LogP contribution in [0.25, 0.3) is 11.0 Å². The molecule has 3 rings (SSSR count). The van der Waals surface area contributed by atoms with Gasteiger partial charge >= 0.3 is 0 Å². The number of piperidine rings is 1. The quantitative estimate of drug-likeness (QED) is 0.772. The van der Waals surface area contributed by atoms with Crippen molar-refractivity contribution in [2.24, 2.45) is 0 Å². The zero-order chi connectivity index (χ0) is 10.1. The molecule has 1 aliphatic heterocycles. The third-order valence-corrected chi connectivity index (χ3v) is 3.09. The Morgan fingerprint density at radius 2 is 2.40 bits per heavy atom. The standard InChI is InChI=1S/C12H14N2O/c1-2-5-14-11(3-1)10-8-15-12-4-6-13-7-9(10)12/h4,6-8,11,14H,1-3,5H2. The van der Waals surface area contributed by atoms with Crippen molar-refractivity contribution < 1.29 is 4.42 Å². The molecular weight excluding hydrogens is 188 g/mol. The fourth-order valence-corrected chi connectivity index (χ4v) is 2.28. The number of aromatic nitrogens is 1. The maximum absolute atomic E-state index is 5.52. The second-order valence-electron chi connectivity index (χ2n) is 4.07. The van der Waals surface area contributed by atoms with Gasteiger partial charge in [0.25, 0.3) is 0 Å². The van der Waals surface area contributed by atoms with E-state index < -0.39 is 0 Å². The molecule has 78 valence electrons. The van der Waals surface area contributed by atoms with Gasteiger partial charge in [0.05, 0.1) is 6.26 Å². The van der Waals surface area contributed by atoms with Gasteiger partial charge in [-0.05, 0) is 25.5 Å². The maximum atomic E-state index is 5.52. The summed E-state index contributed by atoms with van der Waals surface area (Å²) in [5.41, 5.74) is 2.20. The van der Waals surface area contributed by atoms with Gasteiger partial charge in [-0.15, -0.1) is 0 Å².